The van der Waals surface area contributed by atoms with Crippen molar-refractivity contribution in [3.63, 3.8) is 0 Å². The molecule has 5 rings (SSSR count). The third-order valence-corrected chi connectivity index (χ3v) is 8.05. The summed E-state index contributed by atoms with van der Waals surface area (Å²) in [6.45, 7) is 5.58. The van der Waals surface area contributed by atoms with Gasteiger partial charge in [0.15, 0.2) is 18.3 Å². The summed E-state index contributed by atoms with van der Waals surface area (Å²) < 4.78 is 22.0. The number of carboxylic acids is 1. The molecule has 2 N–H and O–H groups in total. The van der Waals surface area contributed by atoms with E-state index in [1.54, 1.807) is 19.2 Å². The topological polar surface area (TPSA) is 107 Å². The molecule has 222 valence electrons. The van der Waals surface area contributed by atoms with Gasteiger partial charge in [0.2, 0.25) is 5.91 Å². The summed E-state index contributed by atoms with van der Waals surface area (Å²) in [5.74, 6) is -0.416. The summed E-state index contributed by atoms with van der Waals surface area (Å²) in [6.07, 6.45) is 1.58. The van der Waals surface area contributed by atoms with Crippen molar-refractivity contribution in [3.8, 4) is 17.2 Å². The van der Waals surface area contributed by atoms with Crippen LogP contribution < -0.4 is 19.5 Å². The third-order valence-electron chi connectivity index (χ3n) is 8.05. The maximum Gasteiger partial charge on any atom is 0.309 e. The molecule has 2 aliphatic heterocycles. The van der Waals surface area contributed by atoms with Gasteiger partial charge in [-0.1, -0.05) is 50.2 Å². The minimum Gasteiger partial charge on any atom is -0.486 e. The largest absolute Gasteiger partial charge is 0.486 e. The molecule has 1 fully saturated rings. The van der Waals surface area contributed by atoms with Gasteiger partial charge in [0, 0.05) is 31.3 Å². The van der Waals surface area contributed by atoms with Crippen LogP contribution in [0.4, 0.5) is 5.69 Å². The molecule has 9 nitrogen and oxygen atoms in total. The van der Waals surface area contributed by atoms with Crippen molar-refractivity contribution in [2.75, 3.05) is 45.5 Å². The van der Waals surface area contributed by atoms with Gasteiger partial charge in [-0.05, 0) is 59.4 Å². The van der Waals surface area contributed by atoms with Crippen molar-refractivity contribution >= 4 is 17.6 Å². The van der Waals surface area contributed by atoms with Crippen LogP contribution in [0.2, 0.25) is 0 Å². The molecule has 0 aromatic heterocycles. The average Bonchev–Trinajstić information content (AvgIpc) is 3.39. The molecule has 2 aliphatic rings. The number of aryl methyl sites for hydroxylation is 2. The van der Waals surface area contributed by atoms with Crippen LogP contribution in [0.15, 0.2) is 60.7 Å². The zero-order valence-corrected chi connectivity index (χ0v) is 24.3. The van der Waals surface area contributed by atoms with E-state index in [2.05, 4.69) is 19.2 Å². The van der Waals surface area contributed by atoms with Gasteiger partial charge in [0.1, 0.15) is 19.0 Å². The highest BCUT2D eigenvalue weighted by atomic mass is 16.7. The van der Waals surface area contributed by atoms with Crippen molar-refractivity contribution in [2.45, 2.75) is 38.6 Å². The Hall–Kier alpha value is -4.08. The lowest BCUT2D eigenvalue weighted by atomic mass is 9.82. The van der Waals surface area contributed by atoms with Crippen molar-refractivity contribution in [1.82, 2.24) is 4.90 Å². The Bertz CT molecular complexity index is 1390. The number of fused-ring (bicyclic) bond motifs is 1. The van der Waals surface area contributed by atoms with E-state index in [-0.39, 0.29) is 25.2 Å². The highest BCUT2D eigenvalue weighted by molar-refractivity contribution is 5.94. The average molecular weight is 575 g/mol. The molecule has 0 radical (unpaired) electrons. The Balaban J connectivity index is 1.48. The molecule has 1 unspecified atom stereocenters. The van der Waals surface area contributed by atoms with Crippen molar-refractivity contribution < 1.29 is 33.6 Å². The van der Waals surface area contributed by atoms with Crippen LogP contribution in [0.5, 0.6) is 17.2 Å². The number of aliphatic carboxylic acids is 1. The number of nitrogens with zero attached hydrogens (tertiary/aromatic N) is 1. The Morgan fingerprint density at radius 2 is 1.62 bits per heavy atom. The second-order valence-electron chi connectivity index (χ2n) is 10.6. The van der Waals surface area contributed by atoms with Crippen LogP contribution in [0.25, 0.3) is 0 Å². The fraction of sp³-hybridized carbons (Fsp3) is 0.394. The van der Waals surface area contributed by atoms with E-state index in [1.807, 2.05) is 53.4 Å². The number of carbonyl (C=O) groups excluding carboxylic acids is 1. The minimum absolute atomic E-state index is 0.0403. The number of hydrogen-bond donors (Lipinski definition) is 2. The number of likely N-dealkylation sites (tertiary alicyclic amines) is 1. The Morgan fingerprint density at radius 3 is 2.26 bits per heavy atom. The van der Waals surface area contributed by atoms with E-state index in [0.29, 0.717) is 37.0 Å². The first-order valence-corrected chi connectivity index (χ1v) is 14.4. The van der Waals surface area contributed by atoms with Gasteiger partial charge in [-0.3, -0.25) is 14.5 Å². The molecule has 1 amide bonds. The highest BCUT2D eigenvalue weighted by Crippen LogP contribution is 2.47. The van der Waals surface area contributed by atoms with Crippen LogP contribution in [0, 0.1) is 5.92 Å². The summed E-state index contributed by atoms with van der Waals surface area (Å²) >= 11 is 0. The van der Waals surface area contributed by atoms with Gasteiger partial charge in [0.05, 0.1) is 12.5 Å². The molecule has 0 bridgehead atoms. The Labute approximate surface area is 246 Å². The second kappa shape index (κ2) is 13.3. The quantitative estimate of drug-likeness (QED) is 0.307. The van der Waals surface area contributed by atoms with Gasteiger partial charge in [-0.25, -0.2) is 0 Å². The summed E-state index contributed by atoms with van der Waals surface area (Å²) in [5.41, 5.74) is 4.63. The minimum atomic E-state index is -0.924. The number of methoxy groups -OCH3 is 1. The van der Waals surface area contributed by atoms with Crippen molar-refractivity contribution in [1.29, 1.82) is 0 Å². The van der Waals surface area contributed by atoms with E-state index in [0.717, 1.165) is 40.8 Å². The number of para-hydroxylation sites is 1. The van der Waals surface area contributed by atoms with Crippen LogP contribution >= 0.6 is 0 Å². The molecular weight excluding hydrogens is 536 g/mol. The fourth-order valence-electron chi connectivity index (χ4n) is 6.07. The second-order valence-corrected chi connectivity index (χ2v) is 10.6. The Morgan fingerprint density at radius 1 is 0.952 bits per heavy atom. The lowest BCUT2D eigenvalue weighted by molar-refractivity contribution is -0.143. The predicted molar refractivity (Wildman–Crippen MR) is 158 cm³/mol. The molecule has 3 aromatic rings. The smallest absolute Gasteiger partial charge is 0.309 e. The first-order chi connectivity index (χ1) is 20.4. The van der Waals surface area contributed by atoms with E-state index in [1.165, 1.54) is 0 Å². The first-order valence-electron chi connectivity index (χ1n) is 14.4. The molecule has 0 saturated carbocycles. The molecule has 42 heavy (non-hydrogen) atoms. The molecule has 0 spiro atoms. The Kier molecular flexibility index (Phi) is 9.29. The van der Waals surface area contributed by atoms with Crippen LogP contribution in [-0.2, 0) is 27.2 Å². The molecular formula is C33H38N2O7. The third kappa shape index (κ3) is 6.22. The number of anilines is 1. The predicted octanol–water partition coefficient (Wildman–Crippen LogP) is 5.05. The van der Waals surface area contributed by atoms with Gasteiger partial charge >= 0.3 is 5.97 Å². The summed E-state index contributed by atoms with van der Waals surface area (Å²) in [7, 11) is 1.55. The number of rotatable bonds is 11. The zero-order chi connectivity index (χ0) is 29.6. The molecule has 9 heteroatoms. The van der Waals surface area contributed by atoms with E-state index < -0.39 is 17.9 Å². The molecule has 3 aromatic carbocycles. The van der Waals surface area contributed by atoms with Crippen LogP contribution in [0.1, 0.15) is 48.1 Å². The zero-order valence-electron chi connectivity index (χ0n) is 24.3. The maximum absolute atomic E-state index is 13.6. The van der Waals surface area contributed by atoms with Crippen LogP contribution in [-0.4, -0.2) is 62.1 Å². The van der Waals surface area contributed by atoms with Gasteiger partial charge in [0.25, 0.3) is 0 Å². The normalized spacial score (nSPS) is 19.8. The summed E-state index contributed by atoms with van der Waals surface area (Å²) in [5, 5.41) is 13.7. The number of carboxylic acid groups (broad SMARTS) is 1. The number of amides is 1. The van der Waals surface area contributed by atoms with E-state index in [9.17, 15) is 14.7 Å². The summed E-state index contributed by atoms with van der Waals surface area (Å²) in [6, 6.07) is 18.5. The molecule has 1 saturated heterocycles. The molecule has 2 heterocycles. The van der Waals surface area contributed by atoms with Gasteiger partial charge in [-0.2, -0.15) is 0 Å². The van der Waals surface area contributed by atoms with E-state index >= 15 is 0 Å². The lowest BCUT2D eigenvalue weighted by Crippen LogP contribution is -2.35. The van der Waals surface area contributed by atoms with Crippen molar-refractivity contribution in [2.24, 2.45) is 5.92 Å². The number of carbonyl (C=O) groups is 2. The lowest BCUT2D eigenvalue weighted by Gasteiger charge is -2.27. The van der Waals surface area contributed by atoms with Crippen LogP contribution in [0.3, 0.4) is 0 Å². The monoisotopic (exact) mass is 574 g/mol. The first kappa shape index (κ1) is 29.4. The fourth-order valence-corrected chi connectivity index (χ4v) is 6.07. The van der Waals surface area contributed by atoms with Gasteiger partial charge < -0.3 is 29.4 Å². The van der Waals surface area contributed by atoms with Crippen molar-refractivity contribution in [3.05, 3.63) is 82.9 Å². The number of ether oxygens (including phenoxy) is 4. The summed E-state index contributed by atoms with van der Waals surface area (Å²) in [4.78, 5) is 28.5. The number of hydrogen-bond acceptors (Lipinski definition) is 7. The maximum atomic E-state index is 13.6. The molecule has 0 aliphatic carbocycles. The SMILES string of the molecule is CCc1cccc(CC)c1NC(=O)CN1C[C@H](c2ccc3c(c2)OCCO3)C(C(=O)O)[C@@H]1c1ccc(OCOC)cc1. The number of nitrogens with one attached hydrogen (secondary N) is 1. The number of benzene rings is 3. The van der Waals surface area contributed by atoms with Gasteiger partial charge in [-0.15, -0.1) is 0 Å². The molecule has 3 atom stereocenters. The van der Waals surface area contributed by atoms with E-state index in [4.69, 9.17) is 18.9 Å². The highest BCUT2D eigenvalue weighted by Gasteiger charge is 2.48. The standard InChI is InChI=1S/C33H38N2O7/c1-4-21-7-6-8-22(5-2)31(21)34-29(36)19-35-18-26(24-11-14-27-28(17-24)41-16-15-40-27)30(33(37)38)32(35)23-9-12-25(13-10-23)42-20-39-3/h6-14,17,26,30,32H,4-5,15-16,18-20H2,1-3H3,(H,34,36)(H,37,38)/t26-,30?,32+/m1/s1.